The summed E-state index contributed by atoms with van der Waals surface area (Å²) in [5.74, 6) is 0. The molecule has 1 N–H and O–H groups in total. The van der Waals surface area contributed by atoms with E-state index in [-0.39, 0.29) is 0 Å². The standard InChI is InChI=1S/C11H20O/c1-2-3-4-5-6-7-8-9-10-11-12/h2,10-12H,1,3-9H2/b11-10+. The SMILES string of the molecule is C=CCCCCCCC/C=C/O. The van der Waals surface area contributed by atoms with Crippen LogP contribution in [0.5, 0.6) is 0 Å². The zero-order valence-electron chi connectivity index (χ0n) is 7.84. The molecule has 70 valence electrons. The minimum Gasteiger partial charge on any atom is -0.516 e. The zero-order chi connectivity index (χ0) is 9.07. The van der Waals surface area contributed by atoms with Crippen LogP contribution in [0, 0.1) is 0 Å². The lowest BCUT2D eigenvalue weighted by atomic mass is 10.1. The van der Waals surface area contributed by atoms with Crippen molar-refractivity contribution in [2.45, 2.75) is 44.9 Å². The number of allylic oxidation sites excluding steroid dienone is 2. The van der Waals surface area contributed by atoms with Gasteiger partial charge in [-0.1, -0.05) is 31.4 Å². The smallest absolute Gasteiger partial charge is 0.0751 e. The normalized spacial score (nSPS) is 10.7. The Morgan fingerprint density at radius 3 is 2.08 bits per heavy atom. The molecule has 0 unspecified atom stereocenters. The average molecular weight is 168 g/mol. The predicted octanol–water partition coefficient (Wildman–Crippen LogP) is 3.97. The quantitative estimate of drug-likeness (QED) is 0.330. The summed E-state index contributed by atoms with van der Waals surface area (Å²) in [6, 6.07) is 0. The molecule has 1 heteroatoms. The van der Waals surface area contributed by atoms with Crippen LogP contribution in [0.3, 0.4) is 0 Å². The van der Waals surface area contributed by atoms with E-state index < -0.39 is 0 Å². The van der Waals surface area contributed by atoms with E-state index >= 15 is 0 Å². The molecule has 0 aromatic carbocycles. The number of rotatable bonds is 8. The van der Waals surface area contributed by atoms with Crippen LogP contribution in [0.15, 0.2) is 25.0 Å². The van der Waals surface area contributed by atoms with E-state index in [1.54, 1.807) is 0 Å². The summed E-state index contributed by atoms with van der Waals surface area (Å²) in [6.07, 6.45) is 13.5. The van der Waals surface area contributed by atoms with Gasteiger partial charge in [0.1, 0.15) is 0 Å². The van der Waals surface area contributed by atoms with Crippen molar-refractivity contribution in [1.29, 1.82) is 0 Å². The van der Waals surface area contributed by atoms with E-state index in [0.717, 1.165) is 19.1 Å². The molecule has 0 aliphatic rings. The van der Waals surface area contributed by atoms with Crippen LogP contribution in [-0.2, 0) is 0 Å². The first-order chi connectivity index (χ1) is 5.91. The molecule has 0 aliphatic heterocycles. The van der Waals surface area contributed by atoms with Crippen molar-refractivity contribution in [3.63, 3.8) is 0 Å². The highest BCUT2D eigenvalue weighted by atomic mass is 16.2. The van der Waals surface area contributed by atoms with Gasteiger partial charge in [-0.15, -0.1) is 6.58 Å². The molecule has 0 aromatic heterocycles. The first-order valence-corrected chi connectivity index (χ1v) is 4.82. The third kappa shape index (κ3) is 9.28. The number of aliphatic hydroxyl groups excluding tert-OH is 1. The van der Waals surface area contributed by atoms with Crippen molar-refractivity contribution < 1.29 is 5.11 Å². The van der Waals surface area contributed by atoms with Crippen molar-refractivity contribution in [3.8, 4) is 0 Å². The summed E-state index contributed by atoms with van der Waals surface area (Å²) in [5, 5.41) is 8.35. The highest BCUT2D eigenvalue weighted by Crippen LogP contribution is 2.07. The number of hydrogen-bond donors (Lipinski definition) is 1. The molecule has 0 saturated heterocycles. The molecular formula is C11H20O. The highest BCUT2D eigenvalue weighted by Gasteiger charge is 1.87. The van der Waals surface area contributed by atoms with E-state index in [2.05, 4.69) is 6.58 Å². The Balaban J connectivity index is 2.86. The summed E-state index contributed by atoms with van der Waals surface area (Å²) < 4.78 is 0. The average Bonchev–Trinajstić information content (AvgIpc) is 2.10. The molecule has 0 radical (unpaired) electrons. The fraction of sp³-hybridized carbons (Fsp3) is 0.636. The van der Waals surface area contributed by atoms with Crippen molar-refractivity contribution in [2.75, 3.05) is 0 Å². The lowest BCUT2D eigenvalue weighted by Crippen LogP contribution is -1.77. The van der Waals surface area contributed by atoms with E-state index in [1.807, 2.05) is 12.2 Å². The lowest BCUT2D eigenvalue weighted by Gasteiger charge is -1.97. The van der Waals surface area contributed by atoms with E-state index in [9.17, 15) is 0 Å². The van der Waals surface area contributed by atoms with E-state index in [1.165, 1.54) is 32.1 Å². The van der Waals surface area contributed by atoms with Gasteiger partial charge in [0, 0.05) is 0 Å². The first kappa shape index (κ1) is 11.3. The molecule has 0 fully saturated rings. The third-order valence-electron chi connectivity index (χ3n) is 1.88. The Bertz CT molecular complexity index is 116. The van der Waals surface area contributed by atoms with Gasteiger partial charge in [-0.2, -0.15) is 0 Å². The Hall–Kier alpha value is -0.720. The summed E-state index contributed by atoms with van der Waals surface area (Å²) in [7, 11) is 0. The van der Waals surface area contributed by atoms with Gasteiger partial charge in [0.2, 0.25) is 0 Å². The molecule has 0 bridgehead atoms. The second-order valence-corrected chi connectivity index (χ2v) is 3.02. The molecule has 12 heavy (non-hydrogen) atoms. The Kier molecular flexibility index (Phi) is 9.66. The molecule has 0 heterocycles. The van der Waals surface area contributed by atoms with Gasteiger partial charge in [-0.3, -0.25) is 0 Å². The maximum Gasteiger partial charge on any atom is 0.0751 e. The Morgan fingerprint density at radius 2 is 1.50 bits per heavy atom. The van der Waals surface area contributed by atoms with Gasteiger partial charge in [-0.25, -0.2) is 0 Å². The van der Waals surface area contributed by atoms with E-state index in [4.69, 9.17) is 5.11 Å². The van der Waals surface area contributed by atoms with Crippen LogP contribution in [0.1, 0.15) is 44.9 Å². The second kappa shape index (κ2) is 10.3. The maximum atomic E-state index is 8.35. The number of hydrogen-bond acceptors (Lipinski definition) is 1. The van der Waals surface area contributed by atoms with E-state index in [0.29, 0.717) is 0 Å². The monoisotopic (exact) mass is 168 g/mol. The first-order valence-electron chi connectivity index (χ1n) is 4.82. The van der Waals surface area contributed by atoms with Gasteiger partial charge in [0.25, 0.3) is 0 Å². The minimum absolute atomic E-state index is 1.01. The van der Waals surface area contributed by atoms with Crippen molar-refractivity contribution in [3.05, 3.63) is 25.0 Å². The molecule has 1 nitrogen and oxygen atoms in total. The highest BCUT2D eigenvalue weighted by molar-refractivity contribution is 4.71. The van der Waals surface area contributed by atoms with Crippen molar-refractivity contribution in [1.82, 2.24) is 0 Å². The molecular weight excluding hydrogens is 148 g/mol. The minimum atomic E-state index is 1.01. The fourth-order valence-electron chi connectivity index (χ4n) is 1.16. The summed E-state index contributed by atoms with van der Waals surface area (Å²) in [4.78, 5) is 0. The van der Waals surface area contributed by atoms with Crippen LogP contribution in [0.25, 0.3) is 0 Å². The summed E-state index contributed by atoms with van der Waals surface area (Å²) in [5.41, 5.74) is 0. The molecule has 0 amide bonds. The Morgan fingerprint density at radius 1 is 0.917 bits per heavy atom. The van der Waals surface area contributed by atoms with Gasteiger partial charge in [-0.05, 0) is 25.7 Å². The molecule has 0 aromatic rings. The fourth-order valence-corrected chi connectivity index (χ4v) is 1.16. The topological polar surface area (TPSA) is 20.2 Å². The molecule has 0 spiro atoms. The molecule has 0 saturated carbocycles. The molecule has 0 atom stereocenters. The lowest BCUT2D eigenvalue weighted by molar-refractivity contribution is 0.469. The predicted molar refractivity (Wildman–Crippen MR) is 54.3 cm³/mol. The van der Waals surface area contributed by atoms with Crippen molar-refractivity contribution in [2.24, 2.45) is 0 Å². The van der Waals surface area contributed by atoms with Gasteiger partial charge in [0.15, 0.2) is 0 Å². The van der Waals surface area contributed by atoms with Crippen LogP contribution >= 0.6 is 0 Å². The van der Waals surface area contributed by atoms with Crippen LogP contribution in [-0.4, -0.2) is 5.11 Å². The number of aliphatic hydroxyl groups is 1. The molecule has 0 rings (SSSR count). The number of unbranched alkanes of at least 4 members (excludes halogenated alkanes) is 6. The third-order valence-corrected chi connectivity index (χ3v) is 1.88. The Labute approximate surface area is 75.8 Å². The van der Waals surface area contributed by atoms with Gasteiger partial charge < -0.3 is 5.11 Å². The van der Waals surface area contributed by atoms with Crippen LogP contribution in [0.2, 0.25) is 0 Å². The second-order valence-electron chi connectivity index (χ2n) is 3.02. The maximum absolute atomic E-state index is 8.35. The summed E-state index contributed by atoms with van der Waals surface area (Å²) >= 11 is 0. The van der Waals surface area contributed by atoms with Gasteiger partial charge >= 0.3 is 0 Å². The van der Waals surface area contributed by atoms with Crippen molar-refractivity contribution >= 4 is 0 Å². The van der Waals surface area contributed by atoms with Crippen LogP contribution in [0.4, 0.5) is 0 Å². The zero-order valence-corrected chi connectivity index (χ0v) is 7.84. The van der Waals surface area contributed by atoms with Gasteiger partial charge in [0.05, 0.1) is 6.26 Å². The largest absolute Gasteiger partial charge is 0.516 e. The molecule has 0 aliphatic carbocycles. The van der Waals surface area contributed by atoms with Crippen LogP contribution < -0.4 is 0 Å². The summed E-state index contributed by atoms with van der Waals surface area (Å²) in [6.45, 7) is 3.68.